The van der Waals surface area contributed by atoms with Crippen molar-refractivity contribution in [2.75, 3.05) is 4.90 Å². The van der Waals surface area contributed by atoms with Crippen molar-refractivity contribution >= 4 is 60.9 Å². The monoisotopic (exact) mass is 654 g/mol. The number of benzene rings is 8. The lowest BCUT2D eigenvalue weighted by molar-refractivity contribution is 0.620. The Morgan fingerprint density at radius 3 is 1.80 bits per heavy atom. The molecule has 0 saturated carbocycles. The standard InChI is InChI=1S/C47H30N2O2/c1-2-9-31(10-3-1)33-19-23-37(24-20-33)49(38-25-21-34(22-26-38)36-18-17-32-11-4-5-12-35(32)29-36)39-27-28-40-45(30-39)50-44-16-8-13-41(46(40)44)47-48-42-14-6-7-15-43(42)51-47/h1-30H. The largest absolute Gasteiger partial charge is 0.456 e. The summed E-state index contributed by atoms with van der Waals surface area (Å²) in [4.78, 5) is 7.09. The molecule has 2 heterocycles. The Labute approximate surface area is 294 Å². The summed E-state index contributed by atoms with van der Waals surface area (Å²) in [7, 11) is 0. The molecule has 0 bridgehead atoms. The number of hydrogen-bond donors (Lipinski definition) is 0. The van der Waals surface area contributed by atoms with Crippen LogP contribution in [0.15, 0.2) is 191 Å². The molecule has 0 atom stereocenters. The molecule has 10 rings (SSSR count). The molecule has 8 aromatic carbocycles. The third-order valence-corrected chi connectivity index (χ3v) is 9.70. The molecule has 0 saturated heterocycles. The van der Waals surface area contributed by atoms with Crippen molar-refractivity contribution in [3.8, 4) is 33.7 Å². The maximum atomic E-state index is 6.54. The van der Waals surface area contributed by atoms with Crippen LogP contribution >= 0.6 is 0 Å². The van der Waals surface area contributed by atoms with Gasteiger partial charge in [0.25, 0.3) is 0 Å². The molecule has 51 heavy (non-hydrogen) atoms. The van der Waals surface area contributed by atoms with Crippen LogP contribution in [0.5, 0.6) is 0 Å². The van der Waals surface area contributed by atoms with Gasteiger partial charge in [0.15, 0.2) is 5.58 Å². The maximum Gasteiger partial charge on any atom is 0.228 e. The molecule has 0 aliphatic rings. The molecule has 0 aliphatic heterocycles. The highest BCUT2D eigenvalue weighted by atomic mass is 16.3. The van der Waals surface area contributed by atoms with E-state index in [1.54, 1.807) is 0 Å². The zero-order valence-corrected chi connectivity index (χ0v) is 27.5. The van der Waals surface area contributed by atoms with Gasteiger partial charge in [0.05, 0.1) is 0 Å². The second-order valence-electron chi connectivity index (χ2n) is 12.8. The minimum Gasteiger partial charge on any atom is -0.456 e. The molecule has 4 heteroatoms. The smallest absolute Gasteiger partial charge is 0.228 e. The van der Waals surface area contributed by atoms with Crippen molar-refractivity contribution < 1.29 is 8.83 Å². The highest BCUT2D eigenvalue weighted by Crippen LogP contribution is 2.42. The number of fused-ring (bicyclic) bond motifs is 5. The van der Waals surface area contributed by atoms with Gasteiger partial charge in [-0.25, -0.2) is 4.98 Å². The van der Waals surface area contributed by atoms with E-state index in [2.05, 4.69) is 138 Å². The summed E-state index contributed by atoms with van der Waals surface area (Å²) in [6.45, 7) is 0. The number of anilines is 3. The number of hydrogen-bond acceptors (Lipinski definition) is 4. The summed E-state index contributed by atoms with van der Waals surface area (Å²) >= 11 is 0. The molecule has 240 valence electrons. The fourth-order valence-corrected chi connectivity index (χ4v) is 7.17. The molecule has 0 unspecified atom stereocenters. The first-order valence-electron chi connectivity index (χ1n) is 17.1. The zero-order valence-electron chi connectivity index (χ0n) is 27.5. The molecule has 0 N–H and O–H groups in total. The fraction of sp³-hybridized carbons (Fsp3) is 0. The van der Waals surface area contributed by atoms with Crippen molar-refractivity contribution in [2.24, 2.45) is 0 Å². The highest BCUT2D eigenvalue weighted by molar-refractivity contribution is 6.12. The normalized spacial score (nSPS) is 11.5. The van der Waals surface area contributed by atoms with E-state index >= 15 is 0 Å². The molecule has 0 fully saturated rings. The summed E-state index contributed by atoms with van der Waals surface area (Å²) in [6, 6.07) is 63.5. The lowest BCUT2D eigenvalue weighted by atomic mass is 10.0. The van der Waals surface area contributed by atoms with E-state index in [4.69, 9.17) is 13.8 Å². The van der Waals surface area contributed by atoms with Gasteiger partial charge in [-0.05, 0) is 99.8 Å². The number of aromatic nitrogens is 1. The predicted octanol–water partition coefficient (Wildman–Crippen LogP) is 13.4. The van der Waals surface area contributed by atoms with Crippen LogP contribution in [-0.4, -0.2) is 4.98 Å². The highest BCUT2D eigenvalue weighted by Gasteiger charge is 2.19. The molecular weight excluding hydrogens is 625 g/mol. The first kappa shape index (κ1) is 29.0. The Kier molecular flexibility index (Phi) is 6.78. The Balaban J connectivity index is 1.08. The Hall–Kier alpha value is -6.91. The lowest BCUT2D eigenvalue weighted by Crippen LogP contribution is -2.09. The second-order valence-corrected chi connectivity index (χ2v) is 12.8. The van der Waals surface area contributed by atoms with Crippen LogP contribution in [-0.2, 0) is 0 Å². The first-order valence-corrected chi connectivity index (χ1v) is 17.1. The van der Waals surface area contributed by atoms with E-state index < -0.39 is 0 Å². The minimum atomic E-state index is 0.584. The quantitative estimate of drug-likeness (QED) is 0.179. The topological polar surface area (TPSA) is 42.4 Å². The van der Waals surface area contributed by atoms with E-state index in [1.807, 2.05) is 48.5 Å². The molecule has 0 aliphatic carbocycles. The summed E-state index contributed by atoms with van der Waals surface area (Å²) in [6.07, 6.45) is 0. The average Bonchev–Trinajstić information content (AvgIpc) is 3.80. The summed E-state index contributed by atoms with van der Waals surface area (Å²) in [5.74, 6) is 0.584. The second kappa shape index (κ2) is 11.9. The molecule has 0 amide bonds. The van der Waals surface area contributed by atoms with Gasteiger partial charge >= 0.3 is 0 Å². The van der Waals surface area contributed by atoms with Gasteiger partial charge in [-0.1, -0.05) is 109 Å². The number of para-hydroxylation sites is 2. The minimum absolute atomic E-state index is 0.584. The Morgan fingerprint density at radius 1 is 0.392 bits per heavy atom. The van der Waals surface area contributed by atoms with Crippen LogP contribution in [0.2, 0.25) is 0 Å². The van der Waals surface area contributed by atoms with Gasteiger partial charge in [-0.2, -0.15) is 0 Å². The first-order chi connectivity index (χ1) is 25.2. The number of nitrogens with zero attached hydrogens (tertiary/aromatic N) is 2. The van der Waals surface area contributed by atoms with Gasteiger partial charge in [-0.15, -0.1) is 0 Å². The fourth-order valence-electron chi connectivity index (χ4n) is 7.17. The van der Waals surface area contributed by atoms with E-state index in [-0.39, 0.29) is 0 Å². The van der Waals surface area contributed by atoms with Crippen molar-refractivity contribution in [3.63, 3.8) is 0 Å². The third-order valence-electron chi connectivity index (χ3n) is 9.70. The predicted molar refractivity (Wildman–Crippen MR) is 210 cm³/mol. The molecule has 4 nitrogen and oxygen atoms in total. The van der Waals surface area contributed by atoms with E-state index in [1.165, 1.54) is 33.0 Å². The SMILES string of the molecule is c1ccc(-c2ccc(N(c3ccc(-c4ccc5ccccc5c4)cc3)c3ccc4c(c3)oc3cccc(-c5nc6ccccc6o5)c34)cc2)cc1. The van der Waals surface area contributed by atoms with E-state index in [0.29, 0.717) is 5.89 Å². The third kappa shape index (κ3) is 5.13. The van der Waals surface area contributed by atoms with Gasteiger partial charge in [-0.3, -0.25) is 0 Å². The van der Waals surface area contributed by atoms with Crippen molar-refractivity contribution in [1.29, 1.82) is 0 Å². The molecule has 10 aromatic rings. The average molecular weight is 655 g/mol. The molecular formula is C47H30N2O2. The van der Waals surface area contributed by atoms with Gasteiger partial charge in [0.2, 0.25) is 5.89 Å². The van der Waals surface area contributed by atoms with Crippen molar-refractivity contribution in [1.82, 2.24) is 4.98 Å². The van der Waals surface area contributed by atoms with Crippen LogP contribution < -0.4 is 4.90 Å². The maximum absolute atomic E-state index is 6.54. The summed E-state index contributed by atoms with van der Waals surface area (Å²) < 4.78 is 12.7. The van der Waals surface area contributed by atoms with Crippen molar-refractivity contribution in [3.05, 3.63) is 182 Å². The summed E-state index contributed by atoms with van der Waals surface area (Å²) in [5.41, 5.74) is 11.9. The molecule has 0 radical (unpaired) electrons. The number of furan rings is 1. The van der Waals surface area contributed by atoms with Crippen LogP contribution in [0.4, 0.5) is 17.1 Å². The van der Waals surface area contributed by atoms with Gasteiger partial charge in [0, 0.05) is 39.5 Å². The number of oxazole rings is 1. The van der Waals surface area contributed by atoms with Crippen LogP contribution in [0.3, 0.4) is 0 Å². The van der Waals surface area contributed by atoms with Crippen LogP contribution in [0, 0.1) is 0 Å². The van der Waals surface area contributed by atoms with Gasteiger partial charge in [0.1, 0.15) is 16.7 Å². The Morgan fingerprint density at radius 2 is 1.02 bits per heavy atom. The molecule has 0 spiro atoms. The summed E-state index contributed by atoms with van der Waals surface area (Å²) in [5, 5.41) is 4.48. The lowest BCUT2D eigenvalue weighted by Gasteiger charge is -2.26. The zero-order chi connectivity index (χ0) is 33.7. The van der Waals surface area contributed by atoms with Crippen molar-refractivity contribution in [2.45, 2.75) is 0 Å². The Bertz CT molecular complexity index is 2820. The number of rotatable bonds is 6. The van der Waals surface area contributed by atoms with Gasteiger partial charge < -0.3 is 13.7 Å². The van der Waals surface area contributed by atoms with Crippen LogP contribution in [0.25, 0.3) is 77.5 Å². The van der Waals surface area contributed by atoms with E-state index in [9.17, 15) is 0 Å². The molecule has 2 aromatic heterocycles. The van der Waals surface area contributed by atoms with E-state index in [0.717, 1.165) is 55.7 Å². The van der Waals surface area contributed by atoms with Crippen LogP contribution in [0.1, 0.15) is 0 Å².